The first-order chi connectivity index (χ1) is 45.9. The zero-order valence-corrected chi connectivity index (χ0v) is 63.8. The molecule has 0 aromatic rings. The molecule has 0 aliphatic heterocycles. The van der Waals surface area contributed by atoms with Gasteiger partial charge in [-0.3, -0.25) is 37.3 Å². The normalized spacial score (nSPS) is 14.3. The number of ether oxygens (including phenoxy) is 4. The Morgan fingerprint density at radius 1 is 0.305 bits per heavy atom. The van der Waals surface area contributed by atoms with Gasteiger partial charge in [-0.05, 0) is 37.5 Å². The molecular weight excluding hydrogens is 1250 g/mol. The first-order valence-corrected chi connectivity index (χ1v) is 42.5. The Bertz CT molecular complexity index is 1840. The summed E-state index contributed by atoms with van der Waals surface area (Å²) in [5.74, 6) is -0.559. The first-order valence-electron chi connectivity index (χ1n) is 39.5. The molecule has 0 saturated carbocycles. The van der Waals surface area contributed by atoms with Crippen molar-refractivity contribution >= 4 is 39.5 Å². The molecular formula is C76H148O17P2. The monoisotopic (exact) mass is 1400 g/mol. The molecule has 17 nitrogen and oxygen atoms in total. The summed E-state index contributed by atoms with van der Waals surface area (Å²) in [6, 6.07) is 0. The van der Waals surface area contributed by atoms with Gasteiger partial charge >= 0.3 is 39.5 Å². The Hall–Kier alpha value is -1.94. The van der Waals surface area contributed by atoms with Crippen LogP contribution in [0, 0.1) is 11.8 Å². The number of hydrogen-bond acceptors (Lipinski definition) is 15. The maximum absolute atomic E-state index is 13.1. The van der Waals surface area contributed by atoms with Crippen LogP contribution in [0.3, 0.4) is 0 Å². The molecule has 0 aliphatic carbocycles. The van der Waals surface area contributed by atoms with Crippen LogP contribution in [-0.2, 0) is 65.4 Å². The number of phosphoric acid groups is 2. The predicted octanol–water partition coefficient (Wildman–Crippen LogP) is 22.3. The predicted molar refractivity (Wildman–Crippen MR) is 386 cm³/mol. The topological polar surface area (TPSA) is 237 Å². The maximum Gasteiger partial charge on any atom is 0.472 e. The summed E-state index contributed by atoms with van der Waals surface area (Å²) in [5.41, 5.74) is 0. The summed E-state index contributed by atoms with van der Waals surface area (Å²) in [7, 11) is -9.91. The van der Waals surface area contributed by atoms with Crippen molar-refractivity contribution < 1.29 is 80.2 Å². The van der Waals surface area contributed by atoms with Gasteiger partial charge in [-0.15, -0.1) is 0 Å². The molecule has 19 heteroatoms. The van der Waals surface area contributed by atoms with Gasteiger partial charge in [-0.25, -0.2) is 9.13 Å². The van der Waals surface area contributed by atoms with E-state index in [-0.39, 0.29) is 25.7 Å². The molecule has 0 heterocycles. The number of aliphatic hydroxyl groups is 1. The molecule has 0 aromatic heterocycles. The van der Waals surface area contributed by atoms with Gasteiger partial charge in [0, 0.05) is 25.7 Å². The maximum atomic E-state index is 13.1. The molecule has 95 heavy (non-hydrogen) atoms. The molecule has 0 aromatic carbocycles. The fraction of sp³-hybridized carbons (Fsp3) is 0.947. The van der Waals surface area contributed by atoms with Crippen molar-refractivity contribution in [3.05, 3.63) is 0 Å². The molecule has 0 saturated heterocycles. The van der Waals surface area contributed by atoms with E-state index in [0.717, 1.165) is 102 Å². The van der Waals surface area contributed by atoms with E-state index in [4.69, 9.17) is 37.0 Å². The first kappa shape index (κ1) is 93.1. The summed E-state index contributed by atoms with van der Waals surface area (Å²) >= 11 is 0. The summed E-state index contributed by atoms with van der Waals surface area (Å²) in [6.07, 6.45) is 55.3. The fourth-order valence-corrected chi connectivity index (χ4v) is 13.2. The van der Waals surface area contributed by atoms with Crippen molar-refractivity contribution in [2.24, 2.45) is 11.8 Å². The van der Waals surface area contributed by atoms with Crippen LogP contribution in [0.15, 0.2) is 0 Å². The van der Waals surface area contributed by atoms with Crippen molar-refractivity contribution in [1.29, 1.82) is 0 Å². The number of esters is 4. The second-order valence-electron chi connectivity index (χ2n) is 28.1. The largest absolute Gasteiger partial charge is 0.472 e. The highest BCUT2D eigenvalue weighted by atomic mass is 31.2. The van der Waals surface area contributed by atoms with Crippen molar-refractivity contribution in [1.82, 2.24) is 0 Å². The minimum atomic E-state index is -4.96. The molecule has 0 aliphatic rings. The molecule has 0 bridgehead atoms. The number of phosphoric ester groups is 2. The van der Waals surface area contributed by atoms with Gasteiger partial charge in [-0.1, -0.05) is 343 Å². The van der Waals surface area contributed by atoms with Crippen molar-refractivity contribution in [3.63, 3.8) is 0 Å². The van der Waals surface area contributed by atoms with Crippen LogP contribution in [0.1, 0.15) is 395 Å². The second-order valence-corrected chi connectivity index (χ2v) is 31.0. The standard InChI is InChI=1S/C76H148O17P2/c1-7-10-12-14-16-18-20-22-23-24-26-28-36-43-49-55-61-76(81)92-71(64-86-73(78)58-52-46-40-34-30-29-33-39-45-51-57-69(6)9-3)66-90-94(82,83)88-62-70(77)63-89-95(84,85)91-67-72(65-87-74(79)59-53-47-41-37-31-32-38-44-50-56-68(4)5)93-75(80)60-54-48-42-35-27-25-21-19-17-15-13-11-8-2/h68-72,77H,7-67H2,1-6H3,(H,82,83)(H,84,85)/t69?,70-,71-,72-/m1/s1. The summed E-state index contributed by atoms with van der Waals surface area (Å²) in [6.45, 7) is 9.62. The smallest absolute Gasteiger partial charge is 0.462 e. The molecule has 0 amide bonds. The van der Waals surface area contributed by atoms with E-state index in [9.17, 15) is 43.2 Å². The van der Waals surface area contributed by atoms with Crippen LogP contribution in [-0.4, -0.2) is 96.7 Å². The van der Waals surface area contributed by atoms with E-state index in [1.54, 1.807) is 0 Å². The SMILES string of the molecule is CCCCCCCCCCCCCCCCCCC(=O)O[C@H](COC(=O)CCCCCCCCCCCCC(C)CC)COP(=O)(O)OC[C@@H](O)COP(=O)(O)OC[C@@H](COC(=O)CCCCCCCCCCCC(C)C)OC(=O)CCCCCCCCCCCCCCC. The van der Waals surface area contributed by atoms with Crippen molar-refractivity contribution in [2.45, 2.75) is 413 Å². The number of hydrogen-bond donors (Lipinski definition) is 3. The average Bonchev–Trinajstić information content (AvgIpc) is 3.75. The number of aliphatic hydroxyl groups excluding tert-OH is 1. The van der Waals surface area contributed by atoms with Crippen LogP contribution in [0.2, 0.25) is 0 Å². The highest BCUT2D eigenvalue weighted by molar-refractivity contribution is 7.47. The van der Waals surface area contributed by atoms with Crippen LogP contribution in [0.25, 0.3) is 0 Å². The summed E-state index contributed by atoms with van der Waals surface area (Å²) in [4.78, 5) is 72.9. The Morgan fingerprint density at radius 2 is 0.537 bits per heavy atom. The third-order valence-corrected chi connectivity index (χ3v) is 20.0. The molecule has 3 unspecified atom stereocenters. The lowest BCUT2D eigenvalue weighted by Gasteiger charge is -2.21. The van der Waals surface area contributed by atoms with Crippen LogP contribution < -0.4 is 0 Å². The van der Waals surface area contributed by atoms with E-state index in [1.807, 2.05) is 0 Å². The number of rotatable bonds is 75. The van der Waals surface area contributed by atoms with E-state index in [0.29, 0.717) is 25.7 Å². The van der Waals surface area contributed by atoms with Gasteiger partial charge in [0.05, 0.1) is 26.4 Å². The van der Waals surface area contributed by atoms with Crippen LogP contribution in [0.4, 0.5) is 0 Å². The highest BCUT2D eigenvalue weighted by Gasteiger charge is 2.30. The Balaban J connectivity index is 5.27. The van der Waals surface area contributed by atoms with E-state index < -0.39 is 97.5 Å². The second kappa shape index (κ2) is 67.9. The third-order valence-electron chi connectivity index (χ3n) is 18.1. The van der Waals surface area contributed by atoms with Crippen LogP contribution in [0.5, 0.6) is 0 Å². The van der Waals surface area contributed by atoms with E-state index in [2.05, 4.69) is 41.5 Å². The Morgan fingerprint density at radius 3 is 0.800 bits per heavy atom. The third kappa shape index (κ3) is 69.0. The lowest BCUT2D eigenvalue weighted by molar-refractivity contribution is -0.161. The summed E-state index contributed by atoms with van der Waals surface area (Å²) < 4.78 is 68.6. The molecule has 564 valence electrons. The number of unbranched alkanes of at least 4 members (excludes halogenated alkanes) is 44. The Labute approximate surface area is 581 Å². The molecule has 3 N–H and O–H groups in total. The molecule has 0 fully saturated rings. The van der Waals surface area contributed by atoms with E-state index >= 15 is 0 Å². The zero-order chi connectivity index (χ0) is 70.0. The average molecular weight is 1400 g/mol. The Kier molecular flexibility index (Phi) is 66.5. The van der Waals surface area contributed by atoms with Gasteiger partial charge in [0.15, 0.2) is 12.2 Å². The van der Waals surface area contributed by atoms with Gasteiger partial charge in [0.1, 0.15) is 19.3 Å². The quantitative estimate of drug-likeness (QED) is 0.0222. The molecule has 0 spiro atoms. The number of carbonyl (C=O) groups is 4. The zero-order valence-electron chi connectivity index (χ0n) is 62.0. The molecule has 0 radical (unpaired) electrons. The summed E-state index contributed by atoms with van der Waals surface area (Å²) in [5, 5.41) is 10.6. The molecule has 0 rings (SSSR count). The van der Waals surface area contributed by atoms with Gasteiger partial charge in [0.25, 0.3) is 0 Å². The minimum Gasteiger partial charge on any atom is -0.462 e. The number of carbonyl (C=O) groups excluding carboxylic acids is 4. The fourth-order valence-electron chi connectivity index (χ4n) is 11.6. The van der Waals surface area contributed by atoms with Crippen molar-refractivity contribution in [3.8, 4) is 0 Å². The van der Waals surface area contributed by atoms with Crippen molar-refractivity contribution in [2.75, 3.05) is 39.6 Å². The van der Waals surface area contributed by atoms with Gasteiger partial charge in [-0.2, -0.15) is 0 Å². The minimum absolute atomic E-state index is 0.107. The lowest BCUT2D eigenvalue weighted by Crippen LogP contribution is -2.30. The van der Waals surface area contributed by atoms with Crippen LogP contribution >= 0.6 is 15.6 Å². The highest BCUT2D eigenvalue weighted by Crippen LogP contribution is 2.45. The molecule has 6 atom stereocenters. The van der Waals surface area contributed by atoms with E-state index in [1.165, 1.54) is 212 Å². The lowest BCUT2D eigenvalue weighted by atomic mass is 9.99. The van der Waals surface area contributed by atoms with Gasteiger partial charge < -0.3 is 33.8 Å². The van der Waals surface area contributed by atoms with Gasteiger partial charge in [0.2, 0.25) is 0 Å².